The number of para-hydroxylation sites is 1. The smallest absolute Gasteiger partial charge is 0.0743 e. The molecule has 0 saturated heterocycles. The minimum Gasteiger partial charge on any atom is -0.391 e. The minimum atomic E-state index is -0.173. The lowest BCUT2D eigenvalue weighted by atomic mass is 10.0. The van der Waals surface area contributed by atoms with Gasteiger partial charge in [-0.2, -0.15) is 0 Å². The van der Waals surface area contributed by atoms with Gasteiger partial charge in [-0.15, -0.1) is 0 Å². The van der Waals surface area contributed by atoms with Gasteiger partial charge < -0.3 is 15.3 Å². The third-order valence-corrected chi connectivity index (χ3v) is 4.49. The molecule has 1 aromatic rings. The van der Waals surface area contributed by atoms with E-state index in [0.717, 1.165) is 32.5 Å². The van der Waals surface area contributed by atoms with Crippen molar-refractivity contribution in [3.05, 3.63) is 29.8 Å². The number of anilines is 1. The predicted molar refractivity (Wildman–Crippen MR) is 78.4 cm³/mol. The Bertz CT molecular complexity index is 421. The molecule has 0 amide bonds. The molecule has 0 aromatic heterocycles. The Balaban J connectivity index is 1.90. The van der Waals surface area contributed by atoms with Gasteiger partial charge in [-0.1, -0.05) is 37.5 Å². The molecule has 2 atom stereocenters. The molecule has 1 heterocycles. The van der Waals surface area contributed by atoms with Gasteiger partial charge in [0.05, 0.1) is 12.1 Å². The number of fused-ring (bicyclic) bond motifs is 1. The third-order valence-electron chi connectivity index (χ3n) is 4.49. The second-order valence-electron chi connectivity index (χ2n) is 5.77. The zero-order chi connectivity index (χ0) is 13.1. The quantitative estimate of drug-likeness (QED) is 0.761. The fourth-order valence-electron chi connectivity index (χ4n) is 3.46. The average Bonchev–Trinajstić information content (AvgIpc) is 2.76. The van der Waals surface area contributed by atoms with Gasteiger partial charge in [0.25, 0.3) is 0 Å². The summed E-state index contributed by atoms with van der Waals surface area (Å²) in [7, 11) is 0. The highest BCUT2D eigenvalue weighted by molar-refractivity contribution is 5.55. The van der Waals surface area contributed by atoms with Crippen LogP contribution in [0.2, 0.25) is 0 Å². The van der Waals surface area contributed by atoms with Crippen LogP contribution in [0.1, 0.15) is 37.7 Å². The molecule has 2 aliphatic rings. The number of rotatable bonds is 1. The van der Waals surface area contributed by atoms with Crippen molar-refractivity contribution >= 4 is 5.69 Å². The number of aliphatic hydroxyl groups is 1. The van der Waals surface area contributed by atoms with Gasteiger partial charge in [-0.05, 0) is 24.5 Å². The van der Waals surface area contributed by atoms with Gasteiger partial charge in [0.2, 0.25) is 0 Å². The molecule has 19 heavy (non-hydrogen) atoms. The SMILES string of the molecule is OC1CCCCCC1N1CCNCc2ccccc21. The lowest BCUT2D eigenvalue weighted by molar-refractivity contribution is 0.133. The summed E-state index contributed by atoms with van der Waals surface area (Å²) in [6.07, 6.45) is 5.58. The van der Waals surface area contributed by atoms with Crippen molar-refractivity contribution in [2.45, 2.75) is 50.8 Å². The highest BCUT2D eigenvalue weighted by Gasteiger charge is 2.29. The first-order valence-electron chi connectivity index (χ1n) is 7.59. The lowest BCUT2D eigenvalue weighted by Gasteiger charge is -2.36. The Hall–Kier alpha value is -1.06. The highest BCUT2D eigenvalue weighted by atomic mass is 16.3. The molecular weight excluding hydrogens is 236 g/mol. The van der Waals surface area contributed by atoms with Crippen molar-refractivity contribution in [2.24, 2.45) is 0 Å². The standard InChI is InChI=1S/C16H24N2O/c19-16-9-3-1-2-8-15(16)18-11-10-17-12-13-6-4-5-7-14(13)18/h4-7,15-17,19H,1-3,8-12H2. The van der Waals surface area contributed by atoms with E-state index in [1.54, 1.807) is 0 Å². The fourth-order valence-corrected chi connectivity index (χ4v) is 3.46. The lowest BCUT2D eigenvalue weighted by Crippen LogP contribution is -2.45. The molecule has 3 rings (SSSR count). The van der Waals surface area contributed by atoms with Crippen LogP contribution in [0.3, 0.4) is 0 Å². The molecule has 2 N–H and O–H groups in total. The molecule has 0 bridgehead atoms. The van der Waals surface area contributed by atoms with Crippen LogP contribution in [0.4, 0.5) is 5.69 Å². The molecule has 104 valence electrons. The van der Waals surface area contributed by atoms with Crippen molar-refractivity contribution < 1.29 is 5.11 Å². The Morgan fingerprint density at radius 2 is 1.95 bits per heavy atom. The van der Waals surface area contributed by atoms with Crippen molar-refractivity contribution in [3.8, 4) is 0 Å². The Kier molecular flexibility index (Phi) is 4.04. The van der Waals surface area contributed by atoms with Crippen LogP contribution in [0.5, 0.6) is 0 Å². The van der Waals surface area contributed by atoms with Crippen LogP contribution in [0.15, 0.2) is 24.3 Å². The van der Waals surface area contributed by atoms with Crippen LogP contribution in [0, 0.1) is 0 Å². The van der Waals surface area contributed by atoms with Crippen LogP contribution in [-0.4, -0.2) is 30.3 Å². The average molecular weight is 260 g/mol. The zero-order valence-corrected chi connectivity index (χ0v) is 11.5. The molecule has 1 fully saturated rings. The molecular formula is C16H24N2O. The van der Waals surface area contributed by atoms with Crippen molar-refractivity contribution in [3.63, 3.8) is 0 Å². The van der Waals surface area contributed by atoms with Crippen LogP contribution >= 0.6 is 0 Å². The van der Waals surface area contributed by atoms with Gasteiger partial charge in [-0.3, -0.25) is 0 Å². The first-order valence-corrected chi connectivity index (χ1v) is 7.59. The number of nitrogens with zero attached hydrogens (tertiary/aromatic N) is 1. The van der Waals surface area contributed by atoms with Crippen molar-refractivity contribution in [1.29, 1.82) is 0 Å². The van der Waals surface area contributed by atoms with E-state index in [9.17, 15) is 5.11 Å². The molecule has 0 spiro atoms. The zero-order valence-electron chi connectivity index (χ0n) is 11.5. The molecule has 1 saturated carbocycles. The summed E-state index contributed by atoms with van der Waals surface area (Å²) >= 11 is 0. The highest BCUT2D eigenvalue weighted by Crippen LogP contribution is 2.30. The second kappa shape index (κ2) is 5.93. The second-order valence-corrected chi connectivity index (χ2v) is 5.77. The largest absolute Gasteiger partial charge is 0.391 e. The van der Waals surface area contributed by atoms with Crippen molar-refractivity contribution in [1.82, 2.24) is 5.32 Å². The summed E-state index contributed by atoms with van der Waals surface area (Å²) in [4.78, 5) is 2.45. The van der Waals surface area contributed by atoms with Crippen LogP contribution in [-0.2, 0) is 6.54 Å². The monoisotopic (exact) mass is 260 g/mol. The first kappa shape index (κ1) is 12.9. The summed E-state index contributed by atoms with van der Waals surface area (Å²) in [6, 6.07) is 8.92. The maximum Gasteiger partial charge on any atom is 0.0743 e. The fraction of sp³-hybridized carbons (Fsp3) is 0.625. The molecule has 3 nitrogen and oxygen atoms in total. The maximum atomic E-state index is 10.5. The van der Waals surface area contributed by atoms with Crippen molar-refractivity contribution in [2.75, 3.05) is 18.0 Å². The Morgan fingerprint density at radius 3 is 2.89 bits per heavy atom. The number of benzene rings is 1. The van der Waals surface area contributed by atoms with E-state index in [1.165, 1.54) is 30.5 Å². The van der Waals surface area contributed by atoms with Crippen LogP contribution < -0.4 is 10.2 Å². The summed E-state index contributed by atoms with van der Waals surface area (Å²) in [6.45, 7) is 2.94. The molecule has 1 aliphatic heterocycles. The van der Waals surface area contributed by atoms with E-state index in [2.05, 4.69) is 34.5 Å². The summed E-state index contributed by atoms with van der Waals surface area (Å²) in [5.41, 5.74) is 2.68. The Morgan fingerprint density at radius 1 is 1.11 bits per heavy atom. The number of hydrogen-bond donors (Lipinski definition) is 2. The van der Waals surface area contributed by atoms with Gasteiger partial charge >= 0.3 is 0 Å². The first-order chi connectivity index (χ1) is 9.36. The van der Waals surface area contributed by atoms with Gasteiger partial charge in [-0.25, -0.2) is 0 Å². The van der Waals surface area contributed by atoms with E-state index in [0.29, 0.717) is 6.04 Å². The Labute approximate surface area is 115 Å². The van der Waals surface area contributed by atoms with Gasteiger partial charge in [0, 0.05) is 25.3 Å². The number of nitrogens with one attached hydrogen (secondary N) is 1. The minimum absolute atomic E-state index is 0.173. The number of hydrogen-bond acceptors (Lipinski definition) is 3. The number of aliphatic hydroxyl groups excluding tert-OH is 1. The van der Waals surface area contributed by atoms with E-state index < -0.39 is 0 Å². The van der Waals surface area contributed by atoms with Gasteiger partial charge in [0.15, 0.2) is 0 Å². The predicted octanol–water partition coefficient (Wildman–Crippen LogP) is 2.29. The third kappa shape index (κ3) is 2.77. The van der Waals surface area contributed by atoms with E-state index in [4.69, 9.17) is 0 Å². The van der Waals surface area contributed by atoms with E-state index >= 15 is 0 Å². The molecule has 2 unspecified atom stereocenters. The summed E-state index contributed by atoms with van der Waals surface area (Å²) in [5, 5.41) is 13.9. The maximum absolute atomic E-state index is 10.5. The van der Waals surface area contributed by atoms with E-state index in [1.807, 2.05) is 0 Å². The van der Waals surface area contributed by atoms with E-state index in [-0.39, 0.29) is 6.10 Å². The topological polar surface area (TPSA) is 35.5 Å². The molecule has 1 aromatic carbocycles. The molecule has 3 heteroatoms. The summed E-state index contributed by atoms with van der Waals surface area (Å²) < 4.78 is 0. The normalized spacial score (nSPS) is 28.4. The molecule has 1 aliphatic carbocycles. The molecule has 0 radical (unpaired) electrons. The van der Waals surface area contributed by atoms with Crippen LogP contribution in [0.25, 0.3) is 0 Å². The van der Waals surface area contributed by atoms with Gasteiger partial charge in [0.1, 0.15) is 0 Å². The summed E-state index contributed by atoms with van der Waals surface area (Å²) in [5.74, 6) is 0.